The Kier molecular flexibility index (Phi) is 5.82. The molecule has 0 aliphatic carbocycles. The Morgan fingerprint density at radius 3 is 2.64 bits per heavy atom. The number of carbonyl (C=O) groups excluding carboxylic acids is 2. The van der Waals surface area contributed by atoms with E-state index in [2.05, 4.69) is 5.32 Å². The molecule has 1 saturated heterocycles. The maximum Gasteiger partial charge on any atom is 0.339 e. The Hall–Kier alpha value is -1.96. The number of thioether (sulfide) groups is 1. The number of aromatic carboxylic acids is 1. The monoisotopic (exact) mass is 368 g/mol. The van der Waals surface area contributed by atoms with Crippen LogP contribution >= 0.6 is 11.8 Å². The topological polar surface area (TPSA) is 99.9 Å². The normalized spacial score (nSPS) is 17.6. The second-order valence-corrected chi connectivity index (χ2v) is 8.32. The third-order valence-electron chi connectivity index (χ3n) is 3.82. The van der Waals surface area contributed by atoms with Crippen molar-refractivity contribution in [1.82, 2.24) is 10.2 Å². The first-order valence-corrected chi connectivity index (χ1v) is 9.21. The lowest BCUT2D eigenvalue weighted by Gasteiger charge is -2.26. The number of rotatable bonds is 5. The largest absolute Gasteiger partial charge is 0.478 e. The zero-order valence-corrected chi connectivity index (χ0v) is 15.7. The predicted molar refractivity (Wildman–Crippen MR) is 94.3 cm³/mol. The van der Waals surface area contributed by atoms with Crippen molar-refractivity contribution in [3.05, 3.63) is 23.2 Å². The summed E-state index contributed by atoms with van der Waals surface area (Å²) >= 11 is 1.55. The van der Waals surface area contributed by atoms with Gasteiger partial charge in [-0.1, -0.05) is 20.8 Å². The molecule has 2 amide bonds. The van der Waals surface area contributed by atoms with Crippen LogP contribution in [0.1, 0.15) is 49.1 Å². The van der Waals surface area contributed by atoms with Gasteiger partial charge in [-0.15, -0.1) is 11.8 Å². The molecule has 1 aromatic heterocycles. The van der Waals surface area contributed by atoms with Gasteiger partial charge in [0.25, 0.3) is 0 Å². The van der Waals surface area contributed by atoms with Gasteiger partial charge in [0.05, 0.1) is 12.4 Å². The number of nitrogens with one attached hydrogen (secondary N) is 1. The molecule has 7 nitrogen and oxygen atoms in total. The molecular formula is C17H24N2O5S. The predicted octanol–water partition coefficient (Wildman–Crippen LogP) is 2.24. The molecular weight excluding hydrogens is 344 g/mol. The van der Waals surface area contributed by atoms with E-state index in [9.17, 15) is 14.4 Å². The SMILES string of the molecule is Cc1oc(CNC(=O)C2CSCN2C(=O)CC(C)(C)C)cc1C(=O)O. The molecule has 2 rings (SSSR count). The molecule has 0 saturated carbocycles. The average molecular weight is 368 g/mol. The Balaban J connectivity index is 1.96. The maximum atomic E-state index is 12.4. The van der Waals surface area contributed by atoms with E-state index in [0.717, 1.165) is 0 Å². The van der Waals surface area contributed by atoms with Crippen molar-refractivity contribution >= 4 is 29.5 Å². The molecule has 8 heteroatoms. The number of hydrogen-bond donors (Lipinski definition) is 2. The summed E-state index contributed by atoms with van der Waals surface area (Å²) in [5.41, 5.74) is -0.0488. The lowest BCUT2D eigenvalue weighted by molar-refractivity contribution is -0.139. The highest BCUT2D eigenvalue weighted by molar-refractivity contribution is 7.99. The number of aryl methyl sites for hydroxylation is 1. The van der Waals surface area contributed by atoms with E-state index in [0.29, 0.717) is 29.6 Å². The van der Waals surface area contributed by atoms with Crippen LogP contribution in [0.4, 0.5) is 0 Å². The second-order valence-electron chi connectivity index (χ2n) is 7.32. The molecule has 2 N–H and O–H groups in total. The summed E-state index contributed by atoms with van der Waals surface area (Å²) in [4.78, 5) is 37.5. The van der Waals surface area contributed by atoms with Crippen LogP contribution in [0.25, 0.3) is 0 Å². The summed E-state index contributed by atoms with van der Waals surface area (Å²) in [5, 5.41) is 11.8. The van der Waals surface area contributed by atoms with Gasteiger partial charge in [0.1, 0.15) is 23.1 Å². The first-order chi connectivity index (χ1) is 11.6. The molecule has 0 radical (unpaired) electrons. The molecule has 1 aliphatic rings. The van der Waals surface area contributed by atoms with E-state index < -0.39 is 12.0 Å². The van der Waals surface area contributed by atoms with Crippen molar-refractivity contribution in [3.8, 4) is 0 Å². The summed E-state index contributed by atoms with van der Waals surface area (Å²) in [7, 11) is 0. The minimum atomic E-state index is -1.06. The second kappa shape index (κ2) is 7.51. The van der Waals surface area contributed by atoms with Crippen molar-refractivity contribution in [3.63, 3.8) is 0 Å². The Morgan fingerprint density at radius 2 is 2.08 bits per heavy atom. The molecule has 1 fully saturated rings. The zero-order chi connectivity index (χ0) is 18.8. The van der Waals surface area contributed by atoms with E-state index >= 15 is 0 Å². The van der Waals surface area contributed by atoms with Crippen molar-refractivity contribution in [1.29, 1.82) is 0 Å². The van der Waals surface area contributed by atoms with E-state index in [1.807, 2.05) is 20.8 Å². The number of carboxylic acids is 1. The first-order valence-electron chi connectivity index (χ1n) is 8.06. The quantitative estimate of drug-likeness (QED) is 0.827. The number of amides is 2. The highest BCUT2D eigenvalue weighted by atomic mass is 32.2. The molecule has 1 atom stereocenters. The van der Waals surface area contributed by atoms with Crippen LogP contribution in [-0.4, -0.2) is 45.5 Å². The van der Waals surface area contributed by atoms with Crippen LogP contribution in [0.2, 0.25) is 0 Å². The summed E-state index contributed by atoms with van der Waals surface area (Å²) in [5.74, 6) is 0.398. The fourth-order valence-electron chi connectivity index (χ4n) is 2.60. The molecule has 0 spiro atoms. The van der Waals surface area contributed by atoms with Gasteiger partial charge >= 0.3 is 5.97 Å². The van der Waals surface area contributed by atoms with Crippen molar-refractivity contribution in [2.75, 3.05) is 11.6 Å². The zero-order valence-electron chi connectivity index (χ0n) is 14.9. The van der Waals surface area contributed by atoms with Crippen LogP contribution in [0.3, 0.4) is 0 Å². The molecule has 2 heterocycles. The molecule has 0 bridgehead atoms. The highest BCUT2D eigenvalue weighted by Crippen LogP contribution is 2.26. The summed E-state index contributed by atoms with van der Waals surface area (Å²) < 4.78 is 5.35. The Bertz CT molecular complexity index is 677. The fraction of sp³-hybridized carbons (Fsp3) is 0.588. The van der Waals surface area contributed by atoms with Gasteiger partial charge in [-0.05, 0) is 18.4 Å². The number of carbonyl (C=O) groups is 3. The van der Waals surface area contributed by atoms with Crippen molar-refractivity contribution in [2.24, 2.45) is 5.41 Å². The molecule has 25 heavy (non-hydrogen) atoms. The minimum absolute atomic E-state index is 0.0281. The average Bonchev–Trinajstić information content (AvgIpc) is 3.09. The number of carboxylic acid groups (broad SMARTS) is 1. The van der Waals surface area contributed by atoms with Crippen molar-refractivity contribution in [2.45, 2.75) is 46.7 Å². The van der Waals surface area contributed by atoms with Crippen LogP contribution in [0.15, 0.2) is 10.5 Å². The van der Waals surface area contributed by atoms with Crippen molar-refractivity contribution < 1.29 is 23.9 Å². The summed E-state index contributed by atoms with van der Waals surface area (Å²) in [6.07, 6.45) is 0.386. The van der Waals surface area contributed by atoms with E-state index in [-0.39, 0.29) is 29.3 Å². The van der Waals surface area contributed by atoms with Crippen LogP contribution in [0.5, 0.6) is 0 Å². The van der Waals surface area contributed by atoms with Gasteiger partial charge in [0.15, 0.2) is 0 Å². The lowest BCUT2D eigenvalue weighted by Crippen LogP contribution is -2.47. The van der Waals surface area contributed by atoms with Crippen LogP contribution < -0.4 is 5.32 Å². The van der Waals surface area contributed by atoms with Gasteiger partial charge in [0, 0.05) is 12.2 Å². The first kappa shape index (κ1) is 19.4. The molecule has 1 aliphatic heterocycles. The van der Waals surface area contributed by atoms with E-state index in [1.54, 1.807) is 23.6 Å². The van der Waals surface area contributed by atoms with Gasteiger partial charge in [-0.25, -0.2) is 4.79 Å². The highest BCUT2D eigenvalue weighted by Gasteiger charge is 2.35. The molecule has 0 aromatic carbocycles. The molecule has 1 aromatic rings. The van der Waals surface area contributed by atoms with E-state index in [1.165, 1.54) is 6.07 Å². The van der Waals surface area contributed by atoms with Gasteiger partial charge < -0.3 is 19.7 Å². The number of nitrogens with zero attached hydrogens (tertiary/aromatic N) is 1. The van der Waals surface area contributed by atoms with Gasteiger partial charge in [0.2, 0.25) is 11.8 Å². The third-order valence-corrected chi connectivity index (χ3v) is 4.84. The fourth-order valence-corrected chi connectivity index (χ4v) is 3.78. The van der Waals surface area contributed by atoms with Gasteiger partial charge in [-0.3, -0.25) is 9.59 Å². The molecule has 1 unspecified atom stereocenters. The van der Waals surface area contributed by atoms with Gasteiger partial charge in [-0.2, -0.15) is 0 Å². The molecule has 138 valence electrons. The van der Waals surface area contributed by atoms with Crippen LogP contribution in [-0.2, 0) is 16.1 Å². The Morgan fingerprint density at radius 1 is 1.40 bits per heavy atom. The maximum absolute atomic E-state index is 12.4. The summed E-state index contributed by atoms with van der Waals surface area (Å²) in [6.45, 7) is 7.62. The standard InChI is InChI=1S/C17H24N2O5S/c1-10-12(16(22)23)5-11(24-10)7-18-15(21)13-8-25-9-19(13)14(20)6-17(2,3)4/h5,13H,6-9H2,1-4H3,(H,18,21)(H,22,23). The number of hydrogen-bond acceptors (Lipinski definition) is 5. The lowest BCUT2D eigenvalue weighted by atomic mass is 9.91. The smallest absolute Gasteiger partial charge is 0.339 e. The minimum Gasteiger partial charge on any atom is -0.478 e. The number of furan rings is 1. The van der Waals surface area contributed by atoms with E-state index in [4.69, 9.17) is 9.52 Å². The summed E-state index contributed by atoms with van der Waals surface area (Å²) in [6, 6.07) is 0.902. The Labute approximate surface area is 151 Å². The third kappa shape index (κ3) is 5.01. The van der Waals surface area contributed by atoms with Crippen LogP contribution in [0, 0.1) is 12.3 Å².